The smallest absolute Gasteiger partial charge is 0.137 e. The van der Waals surface area contributed by atoms with Crippen molar-refractivity contribution in [3.05, 3.63) is 65.0 Å². The highest BCUT2D eigenvalue weighted by Gasteiger charge is 2.19. The third-order valence-electron chi connectivity index (χ3n) is 5.17. The van der Waals surface area contributed by atoms with Gasteiger partial charge in [-0.15, -0.1) is 0 Å². The van der Waals surface area contributed by atoms with Crippen molar-refractivity contribution >= 4 is 16.7 Å². The van der Waals surface area contributed by atoms with Crippen LogP contribution in [0.15, 0.2) is 52.9 Å². The molecule has 2 aromatic carbocycles. The molecule has 0 amide bonds. The van der Waals surface area contributed by atoms with Crippen molar-refractivity contribution < 1.29 is 9.15 Å². The Morgan fingerprint density at radius 2 is 1.64 bits per heavy atom. The standard InChI is InChI=1S/C24H24N2O2/c1-14-10-16(11-15(2)24(14)27-5)23-19-8-6-17(25)12-21(19)28-22-13-18(26(3)4)7-9-20(22)23/h6-13,25H,1-5H3. The van der Waals surface area contributed by atoms with E-state index in [1.165, 1.54) is 0 Å². The average Bonchev–Trinajstić information content (AvgIpc) is 2.65. The van der Waals surface area contributed by atoms with Gasteiger partial charge in [-0.1, -0.05) is 0 Å². The molecule has 142 valence electrons. The van der Waals surface area contributed by atoms with E-state index >= 15 is 0 Å². The van der Waals surface area contributed by atoms with Gasteiger partial charge >= 0.3 is 0 Å². The lowest BCUT2D eigenvalue weighted by Gasteiger charge is -2.19. The van der Waals surface area contributed by atoms with E-state index in [2.05, 4.69) is 49.1 Å². The van der Waals surface area contributed by atoms with Gasteiger partial charge in [-0.25, -0.2) is 0 Å². The molecule has 0 aromatic heterocycles. The Hall–Kier alpha value is -3.27. The maximum Gasteiger partial charge on any atom is 0.137 e. The molecule has 1 N–H and O–H groups in total. The second-order valence-electron chi connectivity index (χ2n) is 7.41. The van der Waals surface area contributed by atoms with Gasteiger partial charge in [0.25, 0.3) is 0 Å². The zero-order valence-electron chi connectivity index (χ0n) is 16.9. The highest BCUT2D eigenvalue weighted by Crippen LogP contribution is 2.42. The summed E-state index contributed by atoms with van der Waals surface area (Å²) >= 11 is 0. The van der Waals surface area contributed by atoms with Crippen LogP contribution in [0.1, 0.15) is 11.1 Å². The van der Waals surface area contributed by atoms with Crippen LogP contribution in [-0.2, 0) is 0 Å². The predicted octanol–water partition coefficient (Wildman–Crippen LogP) is 5.38. The van der Waals surface area contributed by atoms with E-state index < -0.39 is 0 Å². The van der Waals surface area contributed by atoms with Crippen molar-refractivity contribution in [3.63, 3.8) is 0 Å². The second-order valence-corrected chi connectivity index (χ2v) is 7.41. The Labute approximate surface area is 164 Å². The van der Waals surface area contributed by atoms with E-state index in [0.29, 0.717) is 5.36 Å². The van der Waals surface area contributed by atoms with Gasteiger partial charge in [0.05, 0.1) is 12.5 Å². The molecule has 1 aliphatic heterocycles. The largest absolute Gasteiger partial charge is 0.496 e. The zero-order valence-corrected chi connectivity index (χ0v) is 16.9. The summed E-state index contributed by atoms with van der Waals surface area (Å²) in [5.74, 6) is 1.64. The highest BCUT2D eigenvalue weighted by molar-refractivity contribution is 6.02. The fourth-order valence-corrected chi connectivity index (χ4v) is 3.88. The molecule has 0 atom stereocenters. The first-order valence-corrected chi connectivity index (χ1v) is 9.27. The van der Waals surface area contributed by atoms with Gasteiger partial charge in [0.1, 0.15) is 17.1 Å². The summed E-state index contributed by atoms with van der Waals surface area (Å²) < 4.78 is 11.8. The van der Waals surface area contributed by atoms with Crippen molar-refractivity contribution in [1.82, 2.24) is 0 Å². The van der Waals surface area contributed by atoms with Crippen molar-refractivity contribution in [2.24, 2.45) is 0 Å². The number of nitrogens with zero attached hydrogens (tertiary/aromatic N) is 1. The lowest BCUT2D eigenvalue weighted by atomic mass is 9.91. The van der Waals surface area contributed by atoms with Crippen LogP contribution < -0.4 is 15.0 Å². The molecule has 0 radical (unpaired) electrons. The number of hydrogen-bond acceptors (Lipinski definition) is 4. The SMILES string of the molecule is COc1c(C)cc(-c2c3ccc(=N)cc-3oc3cc(N(C)C)ccc23)cc1C. The molecule has 28 heavy (non-hydrogen) atoms. The number of aryl methyl sites for hydroxylation is 2. The summed E-state index contributed by atoms with van der Waals surface area (Å²) in [6.07, 6.45) is 0. The van der Waals surface area contributed by atoms with E-state index in [4.69, 9.17) is 14.6 Å². The lowest BCUT2D eigenvalue weighted by Crippen LogP contribution is -2.08. The van der Waals surface area contributed by atoms with Crippen molar-refractivity contribution in [3.8, 4) is 28.2 Å². The molecule has 0 bridgehead atoms. The fourth-order valence-electron chi connectivity index (χ4n) is 3.88. The van der Waals surface area contributed by atoms with E-state index in [1.54, 1.807) is 13.2 Å². The number of ether oxygens (including phenoxy) is 1. The van der Waals surface area contributed by atoms with Gasteiger partial charge in [0.2, 0.25) is 0 Å². The van der Waals surface area contributed by atoms with Crippen LogP contribution in [0.4, 0.5) is 5.69 Å². The first kappa shape index (κ1) is 18.1. The summed E-state index contributed by atoms with van der Waals surface area (Å²) in [6.45, 7) is 4.14. The lowest BCUT2D eigenvalue weighted by molar-refractivity contribution is 0.408. The molecule has 1 aliphatic carbocycles. The first-order chi connectivity index (χ1) is 13.4. The Morgan fingerprint density at radius 1 is 0.929 bits per heavy atom. The van der Waals surface area contributed by atoms with Gasteiger partial charge in [0, 0.05) is 48.4 Å². The first-order valence-electron chi connectivity index (χ1n) is 9.27. The quantitative estimate of drug-likeness (QED) is 0.492. The Balaban J connectivity index is 2.12. The molecule has 4 rings (SSSR count). The number of benzene rings is 3. The van der Waals surface area contributed by atoms with Crippen LogP contribution in [0, 0.1) is 19.3 Å². The maximum absolute atomic E-state index is 8.01. The molecule has 0 spiro atoms. The molecule has 4 heteroatoms. The van der Waals surface area contributed by atoms with Crippen molar-refractivity contribution in [2.45, 2.75) is 13.8 Å². The summed E-state index contributed by atoms with van der Waals surface area (Å²) in [7, 11) is 5.74. The number of methoxy groups -OCH3 is 1. The molecular formula is C24H24N2O2. The normalized spacial score (nSPS) is 11.2. The predicted molar refractivity (Wildman–Crippen MR) is 114 cm³/mol. The summed E-state index contributed by atoms with van der Waals surface area (Å²) in [5, 5.41) is 9.50. The number of hydrogen-bond donors (Lipinski definition) is 1. The highest BCUT2D eigenvalue weighted by atomic mass is 16.5. The van der Waals surface area contributed by atoms with Crippen LogP contribution in [0.5, 0.6) is 5.75 Å². The third-order valence-corrected chi connectivity index (χ3v) is 5.17. The number of anilines is 1. The minimum absolute atomic E-state index is 0.437. The molecule has 2 aliphatic rings. The maximum atomic E-state index is 8.01. The minimum atomic E-state index is 0.437. The van der Waals surface area contributed by atoms with Crippen molar-refractivity contribution in [2.75, 3.05) is 26.1 Å². The van der Waals surface area contributed by atoms with E-state index in [1.807, 2.05) is 26.2 Å². The Kier molecular flexibility index (Phi) is 4.34. The van der Waals surface area contributed by atoms with Crippen LogP contribution in [0.25, 0.3) is 33.4 Å². The van der Waals surface area contributed by atoms with Gasteiger partial charge < -0.3 is 19.5 Å². The summed E-state index contributed by atoms with van der Waals surface area (Å²) in [6, 6.07) is 16.2. The third kappa shape index (κ3) is 2.91. The van der Waals surface area contributed by atoms with Crippen LogP contribution in [0.3, 0.4) is 0 Å². The number of nitrogens with one attached hydrogen (secondary N) is 1. The Morgan fingerprint density at radius 3 is 2.29 bits per heavy atom. The zero-order chi connectivity index (χ0) is 20.0. The molecule has 1 heterocycles. The minimum Gasteiger partial charge on any atom is -0.496 e. The fraction of sp³-hybridized carbons (Fsp3) is 0.208. The molecule has 0 saturated heterocycles. The van der Waals surface area contributed by atoms with Gasteiger partial charge in [-0.2, -0.15) is 0 Å². The molecular weight excluding hydrogens is 348 g/mol. The molecule has 2 aromatic rings. The Bertz CT molecular complexity index is 1200. The number of fused-ring (bicyclic) bond motifs is 2. The second kappa shape index (κ2) is 6.71. The molecule has 0 fully saturated rings. The van der Waals surface area contributed by atoms with Gasteiger partial charge in [0.15, 0.2) is 0 Å². The molecule has 0 unspecified atom stereocenters. The van der Waals surface area contributed by atoms with Crippen molar-refractivity contribution in [1.29, 1.82) is 5.41 Å². The van der Waals surface area contributed by atoms with Crippen LogP contribution >= 0.6 is 0 Å². The molecule has 4 nitrogen and oxygen atoms in total. The van der Waals surface area contributed by atoms with E-state index in [-0.39, 0.29) is 0 Å². The van der Waals surface area contributed by atoms with E-state index in [9.17, 15) is 0 Å². The monoisotopic (exact) mass is 372 g/mol. The average molecular weight is 372 g/mol. The van der Waals surface area contributed by atoms with E-state index in [0.717, 1.165) is 56.0 Å². The van der Waals surface area contributed by atoms with Crippen LogP contribution in [0.2, 0.25) is 0 Å². The summed E-state index contributed by atoms with van der Waals surface area (Å²) in [5.41, 5.74) is 7.33. The summed E-state index contributed by atoms with van der Waals surface area (Å²) in [4.78, 5) is 2.06. The number of rotatable bonds is 3. The van der Waals surface area contributed by atoms with Gasteiger partial charge in [-0.3, -0.25) is 0 Å². The topological polar surface area (TPSA) is 49.5 Å². The van der Waals surface area contributed by atoms with Crippen LogP contribution in [-0.4, -0.2) is 21.2 Å². The molecule has 0 saturated carbocycles. The van der Waals surface area contributed by atoms with Gasteiger partial charge in [-0.05, 0) is 66.9 Å².